The molecule has 0 radical (unpaired) electrons. The van der Waals surface area contributed by atoms with Gasteiger partial charge in [0.1, 0.15) is 19.0 Å². The van der Waals surface area contributed by atoms with E-state index >= 15 is 0 Å². The minimum Gasteiger partial charge on any atom is -0.493 e. The highest BCUT2D eigenvalue weighted by Crippen LogP contribution is 2.36. The van der Waals surface area contributed by atoms with Crippen LogP contribution in [0.15, 0.2) is 36.4 Å². The van der Waals surface area contributed by atoms with Gasteiger partial charge in [0.2, 0.25) is 0 Å². The Labute approximate surface area is 154 Å². The summed E-state index contributed by atoms with van der Waals surface area (Å²) < 4.78 is 16.8. The molecule has 5 heteroatoms. The Morgan fingerprint density at radius 3 is 2.20 bits per heavy atom. The molecule has 0 aliphatic heterocycles. The Morgan fingerprint density at radius 1 is 1.00 bits per heavy atom. The lowest BCUT2D eigenvalue weighted by molar-refractivity contribution is 0.211. The molecule has 2 rings (SSSR count). The highest BCUT2D eigenvalue weighted by Gasteiger charge is 2.13. The molecule has 0 amide bonds. The van der Waals surface area contributed by atoms with Crippen LogP contribution >= 0.6 is 11.6 Å². The van der Waals surface area contributed by atoms with E-state index in [9.17, 15) is 0 Å². The average Bonchev–Trinajstić information content (AvgIpc) is 2.58. The number of methoxy groups -OCH3 is 1. The molecule has 0 fully saturated rings. The lowest BCUT2D eigenvalue weighted by Crippen LogP contribution is -2.12. The molecule has 2 aromatic rings. The number of nitrogens with two attached hydrogens (primary N) is 1. The van der Waals surface area contributed by atoms with E-state index in [4.69, 9.17) is 31.5 Å². The first-order chi connectivity index (χ1) is 11.8. The minimum atomic E-state index is 0.130. The summed E-state index contributed by atoms with van der Waals surface area (Å²) in [6.07, 6.45) is 0. The lowest BCUT2D eigenvalue weighted by atomic mass is 9.87. The Bertz CT molecular complexity index is 693. The van der Waals surface area contributed by atoms with Gasteiger partial charge in [-0.3, -0.25) is 0 Å². The zero-order valence-corrected chi connectivity index (χ0v) is 16.0. The van der Waals surface area contributed by atoms with Crippen molar-refractivity contribution < 1.29 is 14.2 Å². The van der Waals surface area contributed by atoms with Crippen LogP contribution in [0.4, 0.5) is 0 Å². The summed E-state index contributed by atoms with van der Waals surface area (Å²) in [4.78, 5) is 0. The second-order valence-electron chi connectivity index (χ2n) is 6.78. The second-order valence-corrected chi connectivity index (χ2v) is 7.19. The van der Waals surface area contributed by atoms with E-state index < -0.39 is 0 Å². The van der Waals surface area contributed by atoms with Crippen LogP contribution in [0.5, 0.6) is 17.2 Å². The van der Waals surface area contributed by atoms with Gasteiger partial charge in [-0.25, -0.2) is 0 Å². The third-order valence-corrected chi connectivity index (χ3v) is 4.12. The van der Waals surface area contributed by atoms with Crippen LogP contribution in [-0.2, 0) is 12.0 Å². The molecular formula is C20H26ClNO3. The molecule has 0 aliphatic carbocycles. The molecule has 0 spiro atoms. The maximum absolute atomic E-state index is 6.25. The van der Waals surface area contributed by atoms with Gasteiger partial charge in [0.05, 0.1) is 12.1 Å². The quantitative estimate of drug-likeness (QED) is 0.732. The van der Waals surface area contributed by atoms with Crippen LogP contribution < -0.4 is 19.9 Å². The Balaban J connectivity index is 1.91. The van der Waals surface area contributed by atoms with Crippen molar-refractivity contribution in [2.24, 2.45) is 5.73 Å². The fraction of sp³-hybridized carbons (Fsp3) is 0.400. The molecule has 0 aromatic heterocycles. The van der Waals surface area contributed by atoms with Crippen molar-refractivity contribution in [2.45, 2.75) is 32.7 Å². The minimum absolute atomic E-state index is 0.130. The summed E-state index contributed by atoms with van der Waals surface area (Å²) in [6.45, 7) is 7.72. The number of hydrogen-bond donors (Lipinski definition) is 1. The van der Waals surface area contributed by atoms with Crippen molar-refractivity contribution in [3.63, 3.8) is 0 Å². The summed E-state index contributed by atoms with van der Waals surface area (Å²) in [7, 11) is 1.58. The van der Waals surface area contributed by atoms with Crippen molar-refractivity contribution in [3.05, 3.63) is 52.5 Å². The zero-order valence-electron chi connectivity index (χ0n) is 15.3. The number of hydrogen-bond acceptors (Lipinski definition) is 4. The molecule has 0 unspecified atom stereocenters. The third-order valence-electron chi connectivity index (χ3n) is 3.84. The van der Waals surface area contributed by atoms with Gasteiger partial charge < -0.3 is 19.9 Å². The van der Waals surface area contributed by atoms with Crippen molar-refractivity contribution in [1.82, 2.24) is 0 Å². The number of benzene rings is 2. The van der Waals surface area contributed by atoms with Crippen LogP contribution in [0.3, 0.4) is 0 Å². The van der Waals surface area contributed by atoms with Crippen LogP contribution in [0.25, 0.3) is 0 Å². The zero-order chi connectivity index (χ0) is 18.4. The van der Waals surface area contributed by atoms with Gasteiger partial charge in [0.25, 0.3) is 0 Å². The Hall–Kier alpha value is -1.91. The standard InChI is InChI=1S/C20H26ClNO3/c1-20(2,3)15-5-7-16(8-6-15)24-9-10-25-19-17(21)11-14(13-22)12-18(19)23-4/h5-8,11-12H,9-10,13,22H2,1-4H3. The maximum atomic E-state index is 6.25. The van der Waals surface area contributed by atoms with Crippen molar-refractivity contribution in [1.29, 1.82) is 0 Å². The van der Waals surface area contributed by atoms with E-state index in [1.54, 1.807) is 13.2 Å². The maximum Gasteiger partial charge on any atom is 0.179 e. The van der Waals surface area contributed by atoms with Crippen molar-refractivity contribution in [2.75, 3.05) is 20.3 Å². The molecule has 0 aliphatic rings. The molecule has 0 saturated carbocycles. The molecule has 0 saturated heterocycles. The van der Waals surface area contributed by atoms with Gasteiger partial charge in [-0.15, -0.1) is 0 Å². The fourth-order valence-electron chi connectivity index (χ4n) is 2.39. The number of ether oxygens (including phenoxy) is 3. The first kappa shape index (κ1) is 19.4. The van der Waals surface area contributed by atoms with Crippen LogP contribution in [0.1, 0.15) is 31.9 Å². The predicted octanol–water partition coefficient (Wildman–Crippen LogP) is 4.56. The number of rotatable bonds is 7. The normalized spacial score (nSPS) is 11.3. The average molecular weight is 364 g/mol. The van der Waals surface area contributed by atoms with E-state index in [-0.39, 0.29) is 5.41 Å². The molecule has 2 aromatic carbocycles. The highest BCUT2D eigenvalue weighted by atomic mass is 35.5. The third kappa shape index (κ3) is 5.28. The van der Waals surface area contributed by atoms with Gasteiger partial charge in [0.15, 0.2) is 11.5 Å². The second kappa shape index (κ2) is 8.45. The van der Waals surface area contributed by atoms with Crippen molar-refractivity contribution >= 4 is 11.6 Å². The molecule has 25 heavy (non-hydrogen) atoms. The summed E-state index contributed by atoms with van der Waals surface area (Å²) in [5, 5.41) is 0.481. The topological polar surface area (TPSA) is 53.7 Å². The Morgan fingerprint density at radius 2 is 1.64 bits per heavy atom. The van der Waals surface area contributed by atoms with E-state index in [2.05, 4.69) is 32.9 Å². The van der Waals surface area contributed by atoms with E-state index in [1.807, 2.05) is 18.2 Å². The summed E-state index contributed by atoms with van der Waals surface area (Å²) in [5.41, 5.74) is 7.93. The molecule has 0 atom stereocenters. The molecule has 2 N–H and O–H groups in total. The van der Waals surface area contributed by atoms with E-state index in [1.165, 1.54) is 5.56 Å². The number of halogens is 1. The molecule has 0 bridgehead atoms. The van der Waals surface area contributed by atoms with Crippen LogP contribution in [0, 0.1) is 0 Å². The van der Waals surface area contributed by atoms with Crippen LogP contribution in [0.2, 0.25) is 5.02 Å². The molecule has 4 nitrogen and oxygen atoms in total. The lowest BCUT2D eigenvalue weighted by Gasteiger charge is -2.19. The highest BCUT2D eigenvalue weighted by molar-refractivity contribution is 6.32. The summed E-state index contributed by atoms with van der Waals surface area (Å²) in [5.74, 6) is 1.89. The van der Waals surface area contributed by atoms with Crippen molar-refractivity contribution in [3.8, 4) is 17.2 Å². The van der Waals surface area contributed by atoms with Gasteiger partial charge in [-0.2, -0.15) is 0 Å². The van der Waals surface area contributed by atoms with Gasteiger partial charge in [0, 0.05) is 6.54 Å². The molecular weight excluding hydrogens is 338 g/mol. The van der Waals surface area contributed by atoms with Crippen LogP contribution in [-0.4, -0.2) is 20.3 Å². The summed E-state index contributed by atoms with van der Waals surface area (Å²) >= 11 is 6.25. The monoisotopic (exact) mass is 363 g/mol. The van der Waals surface area contributed by atoms with Gasteiger partial charge in [-0.1, -0.05) is 44.5 Å². The first-order valence-corrected chi connectivity index (χ1v) is 8.65. The van der Waals surface area contributed by atoms with Gasteiger partial charge >= 0.3 is 0 Å². The van der Waals surface area contributed by atoms with E-state index in [0.29, 0.717) is 36.3 Å². The summed E-state index contributed by atoms with van der Waals surface area (Å²) in [6, 6.07) is 11.7. The van der Waals surface area contributed by atoms with Gasteiger partial charge in [-0.05, 0) is 40.8 Å². The van der Waals surface area contributed by atoms with E-state index in [0.717, 1.165) is 11.3 Å². The molecule has 0 heterocycles. The fourth-order valence-corrected chi connectivity index (χ4v) is 2.67. The smallest absolute Gasteiger partial charge is 0.179 e. The largest absolute Gasteiger partial charge is 0.493 e. The predicted molar refractivity (Wildman–Crippen MR) is 102 cm³/mol. The first-order valence-electron chi connectivity index (χ1n) is 8.27. The Kier molecular flexibility index (Phi) is 6.57. The SMILES string of the molecule is COc1cc(CN)cc(Cl)c1OCCOc1ccc(C(C)(C)C)cc1. The molecule has 136 valence electrons.